The van der Waals surface area contributed by atoms with Crippen molar-refractivity contribution in [1.82, 2.24) is 15.0 Å². The molecule has 0 saturated carbocycles. The average Bonchev–Trinajstić information content (AvgIpc) is 2.57. The molecule has 7 heteroatoms. The van der Waals surface area contributed by atoms with E-state index in [1.807, 2.05) is 6.92 Å². The number of piperidine rings is 1. The molecule has 2 aromatic heterocycles. The van der Waals surface area contributed by atoms with Gasteiger partial charge in [-0.15, -0.1) is 0 Å². The van der Waals surface area contributed by atoms with E-state index in [9.17, 15) is 5.26 Å². The first-order chi connectivity index (χ1) is 11.2. The molecular formula is C16H16BrN5O. The Balaban J connectivity index is 1.73. The summed E-state index contributed by atoms with van der Waals surface area (Å²) in [4.78, 5) is 14.9. The first-order valence-corrected chi connectivity index (χ1v) is 8.21. The lowest BCUT2D eigenvalue weighted by atomic mass is 10.1. The Labute approximate surface area is 143 Å². The number of aryl methyl sites for hydroxylation is 1. The second-order valence-electron chi connectivity index (χ2n) is 5.51. The van der Waals surface area contributed by atoms with Crippen LogP contribution in [0.15, 0.2) is 29.1 Å². The summed E-state index contributed by atoms with van der Waals surface area (Å²) < 4.78 is 6.68. The standard InChI is InChI=1S/C16H16BrN5O/c1-11-7-20-16(21-8-11)23-14-3-2-4-22(10-14)15-12(6-18)5-13(17)9-19-15/h5,7-9,14H,2-4,10H2,1H3. The van der Waals surface area contributed by atoms with Crippen LogP contribution in [0.3, 0.4) is 0 Å². The maximum Gasteiger partial charge on any atom is 0.316 e. The summed E-state index contributed by atoms with van der Waals surface area (Å²) in [6.07, 6.45) is 7.10. The number of nitrogens with zero attached hydrogens (tertiary/aromatic N) is 5. The van der Waals surface area contributed by atoms with Gasteiger partial charge in [-0.05, 0) is 47.3 Å². The van der Waals surface area contributed by atoms with Crippen molar-refractivity contribution in [1.29, 1.82) is 5.26 Å². The number of anilines is 1. The zero-order valence-corrected chi connectivity index (χ0v) is 14.3. The van der Waals surface area contributed by atoms with E-state index >= 15 is 0 Å². The lowest BCUT2D eigenvalue weighted by Gasteiger charge is -2.33. The predicted octanol–water partition coefficient (Wildman–Crippen LogP) is 2.86. The van der Waals surface area contributed by atoms with E-state index in [1.165, 1.54) is 0 Å². The Bertz CT molecular complexity index is 728. The third-order valence-corrected chi connectivity index (χ3v) is 4.09. The molecule has 118 valence electrons. The van der Waals surface area contributed by atoms with Gasteiger partial charge in [-0.2, -0.15) is 5.26 Å². The molecule has 6 nitrogen and oxygen atoms in total. The Kier molecular flexibility index (Phi) is 4.72. The molecule has 0 aliphatic carbocycles. The SMILES string of the molecule is Cc1cnc(OC2CCCN(c3ncc(Br)cc3C#N)C2)nc1. The Morgan fingerprint density at radius 2 is 2.09 bits per heavy atom. The van der Waals surface area contributed by atoms with Gasteiger partial charge in [0.25, 0.3) is 0 Å². The molecule has 0 bridgehead atoms. The van der Waals surface area contributed by atoms with Gasteiger partial charge in [0.15, 0.2) is 0 Å². The summed E-state index contributed by atoms with van der Waals surface area (Å²) >= 11 is 3.35. The minimum absolute atomic E-state index is 0.0107. The topological polar surface area (TPSA) is 74.9 Å². The highest BCUT2D eigenvalue weighted by Crippen LogP contribution is 2.25. The lowest BCUT2D eigenvalue weighted by Crippen LogP contribution is -2.42. The number of aromatic nitrogens is 3. The third kappa shape index (κ3) is 3.77. The van der Waals surface area contributed by atoms with Crippen molar-refractivity contribution < 1.29 is 4.74 Å². The average molecular weight is 374 g/mol. The largest absolute Gasteiger partial charge is 0.458 e. The molecule has 23 heavy (non-hydrogen) atoms. The smallest absolute Gasteiger partial charge is 0.316 e. The Morgan fingerprint density at radius 1 is 1.30 bits per heavy atom. The van der Waals surface area contributed by atoms with Gasteiger partial charge in [0.2, 0.25) is 0 Å². The van der Waals surface area contributed by atoms with Crippen LogP contribution in [0.5, 0.6) is 6.01 Å². The summed E-state index contributed by atoms with van der Waals surface area (Å²) in [5.74, 6) is 0.703. The van der Waals surface area contributed by atoms with Crippen LogP contribution >= 0.6 is 15.9 Å². The van der Waals surface area contributed by atoms with Crippen molar-refractivity contribution >= 4 is 21.7 Å². The molecule has 1 atom stereocenters. The van der Waals surface area contributed by atoms with Crippen LogP contribution in [0, 0.1) is 18.3 Å². The second-order valence-corrected chi connectivity index (χ2v) is 6.42. The van der Waals surface area contributed by atoms with Gasteiger partial charge in [-0.3, -0.25) is 0 Å². The Hall–Kier alpha value is -2.20. The van der Waals surface area contributed by atoms with E-state index in [1.54, 1.807) is 24.7 Å². The second kappa shape index (κ2) is 6.92. The third-order valence-electron chi connectivity index (χ3n) is 3.66. The molecule has 0 radical (unpaired) electrons. The van der Waals surface area contributed by atoms with Crippen molar-refractivity contribution in [2.45, 2.75) is 25.9 Å². The summed E-state index contributed by atoms with van der Waals surface area (Å²) in [5, 5.41) is 9.31. The van der Waals surface area contributed by atoms with E-state index in [0.29, 0.717) is 23.9 Å². The van der Waals surface area contributed by atoms with E-state index in [4.69, 9.17) is 4.74 Å². The van der Waals surface area contributed by atoms with Crippen LogP contribution in [0.25, 0.3) is 0 Å². The quantitative estimate of drug-likeness (QED) is 0.823. The highest BCUT2D eigenvalue weighted by atomic mass is 79.9. The van der Waals surface area contributed by atoms with Gasteiger partial charge >= 0.3 is 6.01 Å². The molecule has 3 rings (SSSR count). The van der Waals surface area contributed by atoms with Crippen molar-refractivity contribution in [3.8, 4) is 12.1 Å². The fourth-order valence-corrected chi connectivity index (χ4v) is 2.92. The number of pyridine rings is 1. The Morgan fingerprint density at radius 3 is 2.83 bits per heavy atom. The molecule has 0 spiro atoms. The molecule has 0 N–H and O–H groups in total. The summed E-state index contributed by atoms with van der Waals surface area (Å²) in [6, 6.07) is 4.39. The molecule has 1 aliphatic rings. The van der Waals surface area contributed by atoms with Crippen molar-refractivity contribution in [3.05, 3.63) is 40.3 Å². The fraction of sp³-hybridized carbons (Fsp3) is 0.375. The van der Waals surface area contributed by atoms with Crippen LogP contribution in [0.4, 0.5) is 5.82 Å². The fourth-order valence-electron chi connectivity index (χ4n) is 2.58. The summed E-state index contributed by atoms with van der Waals surface area (Å²) in [6.45, 7) is 3.47. The van der Waals surface area contributed by atoms with Gasteiger partial charge in [-0.1, -0.05) is 0 Å². The van der Waals surface area contributed by atoms with E-state index < -0.39 is 0 Å². The van der Waals surface area contributed by atoms with E-state index in [0.717, 1.165) is 29.4 Å². The van der Waals surface area contributed by atoms with Gasteiger partial charge < -0.3 is 9.64 Å². The number of hydrogen-bond acceptors (Lipinski definition) is 6. The monoisotopic (exact) mass is 373 g/mol. The molecule has 0 amide bonds. The number of hydrogen-bond donors (Lipinski definition) is 0. The molecular weight excluding hydrogens is 358 g/mol. The minimum atomic E-state index is -0.0107. The van der Waals surface area contributed by atoms with Crippen LogP contribution in [-0.4, -0.2) is 34.1 Å². The normalized spacial score (nSPS) is 17.6. The number of ether oxygens (including phenoxy) is 1. The van der Waals surface area contributed by atoms with Gasteiger partial charge in [0, 0.05) is 29.6 Å². The number of halogens is 1. The van der Waals surface area contributed by atoms with E-state index in [2.05, 4.69) is 41.9 Å². The van der Waals surface area contributed by atoms with Crippen LogP contribution in [-0.2, 0) is 0 Å². The number of nitriles is 1. The lowest BCUT2D eigenvalue weighted by molar-refractivity contribution is 0.164. The minimum Gasteiger partial charge on any atom is -0.458 e. The molecule has 3 heterocycles. The zero-order chi connectivity index (χ0) is 16.2. The van der Waals surface area contributed by atoms with Crippen LogP contribution < -0.4 is 9.64 Å². The van der Waals surface area contributed by atoms with Crippen molar-refractivity contribution in [3.63, 3.8) is 0 Å². The predicted molar refractivity (Wildman–Crippen MR) is 89.3 cm³/mol. The summed E-state index contributed by atoms with van der Waals surface area (Å²) in [7, 11) is 0. The molecule has 1 saturated heterocycles. The highest BCUT2D eigenvalue weighted by molar-refractivity contribution is 9.10. The van der Waals surface area contributed by atoms with Gasteiger partial charge in [-0.25, -0.2) is 15.0 Å². The highest BCUT2D eigenvalue weighted by Gasteiger charge is 2.24. The van der Waals surface area contributed by atoms with E-state index in [-0.39, 0.29) is 6.10 Å². The molecule has 2 aromatic rings. The van der Waals surface area contributed by atoms with Crippen LogP contribution in [0.1, 0.15) is 24.0 Å². The number of rotatable bonds is 3. The first kappa shape index (κ1) is 15.7. The zero-order valence-electron chi connectivity index (χ0n) is 12.7. The molecule has 0 aromatic carbocycles. The maximum atomic E-state index is 9.31. The van der Waals surface area contributed by atoms with Gasteiger partial charge in [0.05, 0.1) is 12.1 Å². The first-order valence-electron chi connectivity index (χ1n) is 7.41. The van der Waals surface area contributed by atoms with Gasteiger partial charge in [0.1, 0.15) is 18.0 Å². The van der Waals surface area contributed by atoms with Crippen LogP contribution in [0.2, 0.25) is 0 Å². The summed E-state index contributed by atoms with van der Waals surface area (Å²) in [5.41, 5.74) is 1.56. The van der Waals surface area contributed by atoms with Crippen molar-refractivity contribution in [2.75, 3.05) is 18.0 Å². The molecule has 1 aliphatic heterocycles. The van der Waals surface area contributed by atoms with Crippen molar-refractivity contribution in [2.24, 2.45) is 0 Å². The maximum absolute atomic E-state index is 9.31. The molecule has 1 fully saturated rings. The molecule has 1 unspecified atom stereocenters.